The second-order valence-corrected chi connectivity index (χ2v) is 8.36. The highest BCUT2D eigenvalue weighted by atomic mass is 32.1. The summed E-state index contributed by atoms with van der Waals surface area (Å²) < 4.78 is 65.0. The lowest BCUT2D eigenvalue weighted by Gasteiger charge is -2.14. The van der Waals surface area contributed by atoms with Crippen molar-refractivity contribution < 1.29 is 32.2 Å². The Bertz CT molecular complexity index is 1600. The van der Waals surface area contributed by atoms with Crippen molar-refractivity contribution in [1.29, 1.82) is 0 Å². The molecule has 2 aromatic carbocycles. The zero-order valence-corrected chi connectivity index (χ0v) is 18.8. The minimum atomic E-state index is -4.96. The van der Waals surface area contributed by atoms with Gasteiger partial charge in [0.2, 0.25) is 0 Å². The van der Waals surface area contributed by atoms with E-state index in [9.17, 15) is 31.9 Å². The summed E-state index contributed by atoms with van der Waals surface area (Å²) in [4.78, 5) is 36.1. The number of halogens is 4. The lowest BCUT2D eigenvalue weighted by atomic mass is 10.0. The highest BCUT2D eigenvalue weighted by Gasteiger charge is 2.35. The number of hydrogen-bond donors (Lipinski definition) is 1. The molecule has 0 spiro atoms. The third-order valence-corrected chi connectivity index (χ3v) is 5.94. The third kappa shape index (κ3) is 4.41. The molecule has 0 atom stereocenters. The van der Waals surface area contributed by atoms with Crippen LogP contribution in [0.2, 0.25) is 0 Å². The van der Waals surface area contributed by atoms with Crippen LogP contribution < -0.4 is 16.0 Å². The lowest BCUT2D eigenvalue weighted by molar-refractivity contribution is -0.144. The topological polar surface area (TPSA) is 103 Å². The zero-order chi connectivity index (χ0) is 25.7. The van der Waals surface area contributed by atoms with Gasteiger partial charge >= 0.3 is 17.8 Å². The highest BCUT2D eigenvalue weighted by Crippen LogP contribution is 2.38. The van der Waals surface area contributed by atoms with Gasteiger partial charge in [-0.05, 0) is 48.3 Å². The Morgan fingerprint density at radius 1 is 1.17 bits per heavy atom. The third-order valence-electron chi connectivity index (χ3n) is 5.13. The molecule has 0 saturated carbocycles. The van der Waals surface area contributed by atoms with Crippen LogP contribution in [0.3, 0.4) is 0 Å². The van der Waals surface area contributed by atoms with E-state index in [1.807, 2.05) is 0 Å². The van der Waals surface area contributed by atoms with Gasteiger partial charge in [0.1, 0.15) is 17.3 Å². The fourth-order valence-corrected chi connectivity index (χ4v) is 4.31. The number of nitrogens with zero attached hydrogens (tertiary/aromatic N) is 3. The molecule has 0 radical (unpaired) electrons. The van der Waals surface area contributed by atoms with E-state index in [2.05, 4.69) is 4.37 Å². The predicted octanol–water partition coefficient (Wildman–Crippen LogP) is 3.74. The summed E-state index contributed by atoms with van der Waals surface area (Å²) in [7, 11) is 0.827. The molecule has 0 aliphatic carbocycles. The van der Waals surface area contributed by atoms with Crippen molar-refractivity contribution in [3.63, 3.8) is 0 Å². The maximum atomic E-state index is 14.9. The van der Waals surface area contributed by atoms with E-state index in [1.54, 1.807) is 25.1 Å². The minimum absolute atomic E-state index is 0.188. The molecule has 8 nitrogen and oxygen atoms in total. The van der Waals surface area contributed by atoms with E-state index < -0.39 is 47.2 Å². The molecule has 0 aliphatic heterocycles. The van der Waals surface area contributed by atoms with Gasteiger partial charge < -0.3 is 9.84 Å². The van der Waals surface area contributed by atoms with Crippen LogP contribution in [0.1, 0.15) is 11.3 Å². The molecule has 4 rings (SSSR count). The van der Waals surface area contributed by atoms with Gasteiger partial charge in [-0.3, -0.25) is 9.36 Å². The molecule has 182 valence electrons. The number of carbonyl (C=O) groups is 1. The normalized spacial score (nSPS) is 11.7. The molecule has 0 bridgehead atoms. The smallest absolute Gasteiger partial charge is 0.431 e. The van der Waals surface area contributed by atoms with E-state index in [-0.39, 0.29) is 27.5 Å². The first-order valence-electron chi connectivity index (χ1n) is 9.83. The van der Waals surface area contributed by atoms with Crippen LogP contribution in [-0.4, -0.2) is 31.2 Å². The average molecular weight is 509 g/mol. The minimum Gasteiger partial charge on any atom is -0.481 e. The molecular formula is C22H15F4N3O5S. The van der Waals surface area contributed by atoms with Gasteiger partial charge in [-0.2, -0.15) is 17.5 Å². The second kappa shape index (κ2) is 8.65. The fourth-order valence-electron chi connectivity index (χ4n) is 3.52. The summed E-state index contributed by atoms with van der Waals surface area (Å²) in [5.74, 6) is -2.03. The van der Waals surface area contributed by atoms with Crippen molar-refractivity contribution in [2.24, 2.45) is 7.05 Å². The van der Waals surface area contributed by atoms with E-state index in [1.165, 1.54) is 0 Å². The molecule has 2 aromatic heterocycles. The number of aryl methyl sites for hydroxylation is 1. The van der Waals surface area contributed by atoms with Crippen molar-refractivity contribution in [1.82, 2.24) is 13.5 Å². The highest BCUT2D eigenvalue weighted by molar-refractivity contribution is 7.13. The van der Waals surface area contributed by atoms with Crippen molar-refractivity contribution in [3.8, 4) is 22.7 Å². The zero-order valence-electron chi connectivity index (χ0n) is 18.0. The van der Waals surface area contributed by atoms with Crippen LogP contribution in [0.4, 0.5) is 17.6 Å². The van der Waals surface area contributed by atoms with Crippen LogP contribution >= 0.6 is 11.5 Å². The Labute approximate surface area is 197 Å². The van der Waals surface area contributed by atoms with Gasteiger partial charge in [0.15, 0.2) is 6.61 Å². The summed E-state index contributed by atoms with van der Waals surface area (Å²) in [5, 5.41) is 9.24. The van der Waals surface area contributed by atoms with Gasteiger partial charge in [0.05, 0.1) is 16.1 Å². The maximum Gasteiger partial charge on any atom is 0.431 e. The van der Waals surface area contributed by atoms with Gasteiger partial charge in [-0.25, -0.2) is 18.5 Å². The molecule has 35 heavy (non-hydrogen) atoms. The van der Waals surface area contributed by atoms with Crippen LogP contribution in [0.25, 0.3) is 27.0 Å². The number of carboxylic acids is 1. The fraction of sp³-hybridized carbons (Fsp3) is 0.182. The number of hydrogen-bond acceptors (Lipinski definition) is 6. The molecule has 0 aliphatic rings. The Morgan fingerprint density at radius 3 is 2.54 bits per heavy atom. The van der Waals surface area contributed by atoms with E-state index >= 15 is 0 Å². The molecule has 0 unspecified atom stereocenters. The first-order valence-corrected chi connectivity index (χ1v) is 10.6. The SMILES string of the molecule is Cc1ccc(-c2nsc3cc(F)c(-n4c(=O)cc(C(F)(F)F)n(C)c4=O)cc23)c(OCC(=O)O)c1. The molecule has 13 heteroatoms. The first-order chi connectivity index (χ1) is 16.4. The number of rotatable bonds is 5. The van der Waals surface area contributed by atoms with Crippen molar-refractivity contribution in [2.75, 3.05) is 6.61 Å². The molecule has 0 saturated heterocycles. The van der Waals surface area contributed by atoms with Crippen LogP contribution in [-0.2, 0) is 18.0 Å². The number of ether oxygens (including phenoxy) is 1. The Hall–Kier alpha value is -4.00. The standard InChI is InChI=1S/C22H15F4N3O5S/c1-10-3-4-11(15(5-10)34-9-19(31)32)20-12-6-14(13(23)7-16(12)35-27-20)29-18(30)8-17(22(24,25)26)28(2)21(29)33/h3-8H,9H2,1-2H3,(H,31,32). The van der Waals surface area contributed by atoms with Crippen LogP contribution in [0.5, 0.6) is 5.75 Å². The van der Waals surface area contributed by atoms with E-state index in [0.29, 0.717) is 14.8 Å². The number of carboxylic acid groups (broad SMARTS) is 1. The molecule has 0 amide bonds. The first kappa shape index (κ1) is 24.1. The van der Waals surface area contributed by atoms with Crippen molar-refractivity contribution in [3.05, 3.63) is 74.3 Å². The maximum absolute atomic E-state index is 14.9. The number of aliphatic carboxylic acids is 1. The van der Waals surface area contributed by atoms with Crippen LogP contribution in [0.15, 0.2) is 46.0 Å². The lowest BCUT2D eigenvalue weighted by Crippen LogP contribution is -2.41. The summed E-state index contributed by atoms with van der Waals surface area (Å²) in [5.41, 5.74) is -3.38. The quantitative estimate of drug-likeness (QED) is 0.411. The van der Waals surface area contributed by atoms with Gasteiger partial charge in [-0.15, -0.1) is 0 Å². The summed E-state index contributed by atoms with van der Waals surface area (Å²) >= 11 is 0.900. The van der Waals surface area contributed by atoms with E-state index in [4.69, 9.17) is 9.84 Å². The van der Waals surface area contributed by atoms with Crippen LogP contribution in [0, 0.1) is 12.7 Å². The predicted molar refractivity (Wildman–Crippen MR) is 119 cm³/mol. The molecule has 0 fully saturated rings. The molecule has 4 aromatic rings. The number of fused-ring (bicyclic) bond motifs is 1. The molecule has 2 heterocycles. The van der Waals surface area contributed by atoms with Gasteiger partial charge in [0, 0.05) is 24.1 Å². The van der Waals surface area contributed by atoms with Gasteiger partial charge in [-0.1, -0.05) is 6.07 Å². The van der Waals surface area contributed by atoms with Crippen molar-refractivity contribution in [2.45, 2.75) is 13.1 Å². The monoisotopic (exact) mass is 509 g/mol. The van der Waals surface area contributed by atoms with E-state index in [0.717, 1.165) is 36.3 Å². The number of alkyl halides is 3. The molecule has 1 N–H and O–H groups in total. The summed E-state index contributed by atoms with van der Waals surface area (Å²) in [6.45, 7) is 1.13. The van der Waals surface area contributed by atoms with Crippen molar-refractivity contribution >= 4 is 27.6 Å². The molecular weight excluding hydrogens is 494 g/mol. The number of aromatic nitrogens is 3. The van der Waals surface area contributed by atoms with Gasteiger partial charge in [0.25, 0.3) is 5.56 Å². The average Bonchev–Trinajstić information content (AvgIpc) is 3.16. The Balaban J connectivity index is 1.95. The second-order valence-electron chi connectivity index (χ2n) is 7.56. The Morgan fingerprint density at radius 2 is 1.89 bits per heavy atom. The summed E-state index contributed by atoms with van der Waals surface area (Å²) in [6.07, 6.45) is -4.96. The Kier molecular flexibility index (Phi) is 5.97. The summed E-state index contributed by atoms with van der Waals surface area (Å²) in [6, 6.07) is 7.30. The largest absolute Gasteiger partial charge is 0.481 e. The number of benzene rings is 2.